The van der Waals surface area contributed by atoms with Crippen molar-refractivity contribution < 1.29 is 18.3 Å². The normalized spacial score (nSPS) is 12.0. The summed E-state index contributed by atoms with van der Waals surface area (Å²) < 4.78 is 24.4. The Hall–Kier alpha value is -3.19. The van der Waals surface area contributed by atoms with E-state index in [0.717, 1.165) is 23.3 Å². The van der Waals surface area contributed by atoms with Gasteiger partial charge in [-0.3, -0.25) is 9.69 Å². The molecule has 6 nitrogen and oxygen atoms in total. The average molecular weight is 440 g/mol. The summed E-state index contributed by atoms with van der Waals surface area (Å²) in [5, 5.41) is 2.89. The topological polar surface area (TPSA) is 67.6 Å². The number of oxazole rings is 1. The van der Waals surface area contributed by atoms with Gasteiger partial charge in [0.15, 0.2) is 5.69 Å². The minimum absolute atomic E-state index is 0.0669. The number of benzene rings is 2. The molecule has 3 rings (SSSR count). The second-order valence-electron chi connectivity index (χ2n) is 7.76. The maximum atomic E-state index is 13.3. The van der Waals surface area contributed by atoms with Crippen molar-refractivity contribution in [3.8, 4) is 5.75 Å². The highest BCUT2D eigenvalue weighted by Gasteiger charge is 2.17. The maximum Gasteiger partial charge on any atom is 0.273 e. The first-order chi connectivity index (χ1) is 15.5. The van der Waals surface area contributed by atoms with Crippen LogP contribution in [0.3, 0.4) is 0 Å². The summed E-state index contributed by atoms with van der Waals surface area (Å²) in [6.45, 7) is 8.12. The van der Waals surface area contributed by atoms with E-state index < -0.39 is 0 Å². The number of nitrogens with zero attached hydrogens (tertiary/aromatic N) is 2. The van der Waals surface area contributed by atoms with Crippen molar-refractivity contribution in [2.45, 2.75) is 52.9 Å². The summed E-state index contributed by atoms with van der Waals surface area (Å²) in [4.78, 5) is 18.8. The summed E-state index contributed by atoms with van der Waals surface area (Å²) >= 11 is 0. The fourth-order valence-corrected chi connectivity index (χ4v) is 3.21. The zero-order valence-electron chi connectivity index (χ0n) is 18.8. The summed E-state index contributed by atoms with van der Waals surface area (Å²) in [6.07, 6.45) is 2.23. The zero-order chi connectivity index (χ0) is 22.9. The molecule has 2 aromatic carbocycles. The fourth-order valence-electron chi connectivity index (χ4n) is 3.21. The SMILES string of the molecule is CCOc1ccc(CN(Cc2ccc(F)cc2)Cc2nc(C(=O)NC(C)CC)co2)cc1. The average Bonchev–Trinajstić information content (AvgIpc) is 3.25. The van der Waals surface area contributed by atoms with Gasteiger partial charge in [0, 0.05) is 19.1 Å². The monoisotopic (exact) mass is 439 g/mol. The number of carbonyl (C=O) groups is 1. The van der Waals surface area contributed by atoms with Crippen molar-refractivity contribution in [3.05, 3.63) is 83.3 Å². The fraction of sp³-hybridized carbons (Fsp3) is 0.360. The first kappa shape index (κ1) is 23.5. The number of amides is 1. The van der Waals surface area contributed by atoms with E-state index in [2.05, 4.69) is 15.2 Å². The predicted molar refractivity (Wildman–Crippen MR) is 121 cm³/mol. The predicted octanol–water partition coefficient (Wildman–Crippen LogP) is 4.94. The third-order valence-corrected chi connectivity index (χ3v) is 5.09. The zero-order valence-corrected chi connectivity index (χ0v) is 18.8. The second-order valence-corrected chi connectivity index (χ2v) is 7.76. The van der Waals surface area contributed by atoms with Crippen LogP contribution in [-0.4, -0.2) is 28.4 Å². The molecule has 0 bridgehead atoms. The lowest BCUT2D eigenvalue weighted by molar-refractivity contribution is 0.0934. The number of aromatic nitrogens is 1. The lowest BCUT2D eigenvalue weighted by Crippen LogP contribution is -2.32. The molecular weight excluding hydrogens is 409 g/mol. The van der Waals surface area contributed by atoms with Gasteiger partial charge in [0.05, 0.1) is 13.2 Å². The molecule has 1 unspecified atom stereocenters. The highest BCUT2D eigenvalue weighted by molar-refractivity contribution is 5.92. The molecule has 170 valence electrons. The van der Waals surface area contributed by atoms with E-state index in [4.69, 9.17) is 9.15 Å². The van der Waals surface area contributed by atoms with Gasteiger partial charge >= 0.3 is 0 Å². The molecule has 0 fully saturated rings. The van der Waals surface area contributed by atoms with Crippen LogP contribution in [0.4, 0.5) is 4.39 Å². The summed E-state index contributed by atoms with van der Waals surface area (Å²) in [5.41, 5.74) is 2.33. The van der Waals surface area contributed by atoms with E-state index in [1.807, 2.05) is 45.0 Å². The Bertz CT molecular complexity index is 986. The summed E-state index contributed by atoms with van der Waals surface area (Å²) in [6, 6.07) is 14.4. The standard InChI is InChI=1S/C25H30FN3O3/c1-4-18(3)27-25(30)23-17-32-24(28-23)16-29(14-19-6-10-21(26)11-7-19)15-20-8-12-22(13-9-20)31-5-2/h6-13,17-18H,4-5,14-16H2,1-3H3,(H,27,30). The highest BCUT2D eigenvalue weighted by atomic mass is 19.1. The van der Waals surface area contributed by atoms with E-state index in [1.54, 1.807) is 12.1 Å². The van der Waals surface area contributed by atoms with E-state index in [0.29, 0.717) is 32.1 Å². The molecule has 32 heavy (non-hydrogen) atoms. The van der Waals surface area contributed by atoms with Crippen LogP contribution in [0.5, 0.6) is 5.75 Å². The van der Waals surface area contributed by atoms with Crippen LogP contribution in [0.25, 0.3) is 0 Å². The van der Waals surface area contributed by atoms with E-state index >= 15 is 0 Å². The number of halogens is 1. The molecule has 0 radical (unpaired) electrons. The van der Waals surface area contributed by atoms with Crippen molar-refractivity contribution >= 4 is 5.91 Å². The van der Waals surface area contributed by atoms with Crippen LogP contribution in [0, 0.1) is 5.82 Å². The number of carbonyl (C=O) groups excluding carboxylic acids is 1. The van der Waals surface area contributed by atoms with Gasteiger partial charge in [-0.2, -0.15) is 0 Å². The van der Waals surface area contributed by atoms with Crippen molar-refractivity contribution in [1.82, 2.24) is 15.2 Å². The van der Waals surface area contributed by atoms with Gasteiger partial charge in [-0.25, -0.2) is 9.37 Å². The first-order valence-electron chi connectivity index (χ1n) is 10.9. The van der Waals surface area contributed by atoms with Gasteiger partial charge in [-0.15, -0.1) is 0 Å². The van der Waals surface area contributed by atoms with Crippen molar-refractivity contribution in [2.24, 2.45) is 0 Å². The lowest BCUT2D eigenvalue weighted by atomic mass is 10.1. The van der Waals surface area contributed by atoms with Gasteiger partial charge in [0.2, 0.25) is 5.89 Å². The molecule has 1 heterocycles. The number of nitrogens with one attached hydrogen (secondary N) is 1. The molecule has 0 saturated carbocycles. The van der Waals surface area contributed by atoms with Crippen LogP contribution in [-0.2, 0) is 19.6 Å². The Kier molecular flexibility index (Phi) is 8.39. The molecular formula is C25H30FN3O3. The molecule has 0 spiro atoms. The molecule has 0 aliphatic rings. The van der Waals surface area contributed by atoms with E-state index in [9.17, 15) is 9.18 Å². The van der Waals surface area contributed by atoms with Crippen LogP contribution in [0.15, 0.2) is 59.2 Å². The number of hydrogen-bond donors (Lipinski definition) is 1. The quantitative estimate of drug-likeness (QED) is 0.458. The number of rotatable bonds is 11. The molecule has 1 aromatic heterocycles. The van der Waals surface area contributed by atoms with Crippen LogP contribution >= 0.6 is 0 Å². The van der Waals surface area contributed by atoms with Gasteiger partial charge in [-0.05, 0) is 55.7 Å². The van der Waals surface area contributed by atoms with Crippen LogP contribution in [0.1, 0.15) is 54.7 Å². The van der Waals surface area contributed by atoms with Gasteiger partial charge in [-0.1, -0.05) is 31.2 Å². The Morgan fingerprint density at radius 1 is 1.06 bits per heavy atom. The van der Waals surface area contributed by atoms with E-state index in [1.165, 1.54) is 18.4 Å². The van der Waals surface area contributed by atoms with E-state index in [-0.39, 0.29) is 23.5 Å². The second kappa shape index (κ2) is 11.4. The minimum atomic E-state index is -0.267. The summed E-state index contributed by atoms with van der Waals surface area (Å²) in [7, 11) is 0. The molecule has 1 N–H and O–H groups in total. The molecule has 0 aliphatic heterocycles. The Morgan fingerprint density at radius 2 is 1.69 bits per heavy atom. The third kappa shape index (κ3) is 6.92. The molecule has 0 aliphatic carbocycles. The summed E-state index contributed by atoms with van der Waals surface area (Å²) in [5.74, 6) is 0.765. The van der Waals surface area contributed by atoms with Gasteiger partial charge in [0.25, 0.3) is 5.91 Å². The molecule has 7 heteroatoms. The number of ether oxygens (including phenoxy) is 1. The first-order valence-corrected chi connectivity index (χ1v) is 10.9. The van der Waals surface area contributed by atoms with Crippen LogP contribution < -0.4 is 10.1 Å². The largest absolute Gasteiger partial charge is 0.494 e. The highest BCUT2D eigenvalue weighted by Crippen LogP contribution is 2.18. The lowest BCUT2D eigenvalue weighted by Gasteiger charge is -2.21. The molecule has 0 saturated heterocycles. The Balaban J connectivity index is 1.73. The Labute approximate surface area is 188 Å². The van der Waals surface area contributed by atoms with Crippen molar-refractivity contribution in [3.63, 3.8) is 0 Å². The Morgan fingerprint density at radius 3 is 2.28 bits per heavy atom. The molecule has 1 atom stereocenters. The minimum Gasteiger partial charge on any atom is -0.494 e. The van der Waals surface area contributed by atoms with Crippen molar-refractivity contribution in [2.75, 3.05) is 6.61 Å². The molecule has 3 aromatic rings. The molecule has 1 amide bonds. The van der Waals surface area contributed by atoms with Crippen molar-refractivity contribution in [1.29, 1.82) is 0 Å². The maximum absolute atomic E-state index is 13.3. The van der Waals surface area contributed by atoms with Gasteiger partial charge < -0.3 is 14.5 Å². The smallest absolute Gasteiger partial charge is 0.273 e. The van der Waals surface area contributed by atoms with Crippen LogP contribution in [0.2, 0.25) is 0 Å². The third-order valence-electron chi connectivity index (χ3n) is 5.09. The number of hydrogen-bond acceptors (Lipinski definition) is 5. The van der Waals surface area contributed by atoms with Gasteiger partial charge in [0.1, 0.15) is 17.8 Å².